The first kappa shape index (κ1) is 15.3. The number of phenols is 1. The Morgan fingerprint density at radius 1 is 1.29 bits per heavy atom. The lowest BCUT2D eigenvalue weighted by atomic mass is 10.1. The predicted octanol–water partition coefficient (Wildman–Crippen LogP) is 3.14. The Balaban J connectivity index is 2.04. The molecular weight excluding hydrogens is 288 g/mol. The molecule has 2 rings (SSSR count). The molecule has 4 nitrogen and oxygen atoms in total. The number of hydrogen-bond donors (Lipinski definition) is 1. The Bertz CT molecular complexity index is 611. The summed E-state index contributed by atoms with van der Waals surface area (Å²) < 4.78 is 0. The number of nitrogens with zero attached hydrogens (tertiary/aromatic N) is 2. The number of likely N-dealkylation sites (N-methyl/N-ethyl adjacent to an activating group) is 1. The Kier molecular flexibility index (Phi) is 4.81. The summed E-state index contributed by atoms with van der Waals surface area (Å²) in [6.07, 6.45) is 2.17. The molecule has 0 unspecified atom stereocenters. The van der Waals surface area contributed by atoms with Gasteiger partial charge in [0.2, 0.25) is 0 Å². The van der Waals surface area contributed by atoms with Crippen LogP contribution in [-0.4, -0.2) is 34.0 Å². The van der Waals surface area contributed by atoms with Crippen molar-refractivity contribution in [2.24, 2.45) is 0 Å². The Labute approximate surface area is 129 Å². The van der Waals surface area contributed by atoms with E-state index in [1.54, 1.807) is 36.2 Å². The molecule has 1 N–H and O–H groups in total. The third kappa shape index (κ3) is 3.95. The molecule has 0 bridgehead atoms. The fourth-order valence-corrected chi connectivity index (χ4v) is 2.11. The van der Waals surface area contributed by atoms with E-state index in [2.05, 4.69) is 4.98 Å². The number of aromatic hydroxyl groups is 1. The van der Waals surface area contributed by atoms with Crippen molar-refractivity contribution in [1.29, 1.82) is 0 Å². The summed E-state index contributed by atoms with van der Waals surface area (Å²) in [5.74, 6) is 0.0964. The molecule has 1 aromatic carbocycles. The van der Waals surface area contributed by atoms with E-state index in [-0.39, 0.29) is 17.7 Å². The molecule has 110 valence electrons. The van der Waals surface area contributed by atoms with Gasteiger partial charge in [0.05, 0.1) is 5.02 Å². The molecule has 5 heteroatoms. The van der Waals surface area contributed by atoms with Crippen LogP contribution in [-0.2, 0) is 6.42 Å². The van der Waals surface area contributed by atoms with Crippen LogP contribution in [0, 0.1) is 0 Å². The molecule has 0 spiro atoms. The van der Waals surface area contributed by atoms with Crippen LogP contribution < -0.4 is 0 Å². The van der Waals surface area contributed by atoms with Crippen molar-refractivity contribution < 1.29 is 9.90 Å². The molecule has 21 heavy (non-hydrogen) atoms. The van der Waals surface area contributed by atoms with Crippen LogP contribution in [0.1, 0.15) is 23.0 Å². The van der Waals surface area contributed by atoms with Gasteiger partial charge >= 0.3 is 0 Å². The molecule has 1 amide bonds. The van der Waals surface area contributed by atoms with E-state index in [0.29, 0.717) is 17.1 Å². The fourth-order valence-electron chi connectivity index (χ4n) is 1.99. The van der Waals surface area contributed by atoms with Crippen LogP contribution in [0.3, 0.4) is 0 Å². The number of hydrogen-bond acceptors (Lipinski definition) is 3. The molecule has 0 aliphatic carbocycles. The minimum absolute atomic E-state index is 0.0134. The van der Waals surface area contributed by atoms with Crippen LogP contribution >= 0.6 is 11.6 Å². The van der Waals surface area contributed by atoms with E-state index < -0.39 is 0 Å². The van der Waals surface area contributed by atoms with Gasteiger partial charge in [-0.3, -0.25) is 4.79 Å². The molecule has 2 aromatic rings. The summed E-state index contributed by atoms with van der Waals surface area (Å²) in [6.45, 7) is 1.97. The summed E-state index contributed by atoms with van der Waals surface area (Å²) in [7, 11) is 1.75. The number of rotatable bonds is 4. The van der Waals surface area contributed by atoms with Crippen LogP contribution in [0.5, 0.6) is 5.75 Å². The first-order chi connectivity index (χ1) is 9.97. The Morgan fingerprint density at radius 2 is 1.95 bits per heavy atom. The normalized spacial score (nSPS) is 12.0. The van der Waals surface area contributed by atoms with Gasteiger partial charge in [0.15, 0.2) is 0 Å². The number of carbonyl (C=O) groups excluding carboxylic acids is 1. The smallest absolute Gasteiger partial charge is 0.272 e. The average molecular weight is 305 g/mol. The van der Waals surface area contributed by atoms with Crippen molar-refractivity contribution in [2.75, 3.05) is 7.05 Å². The first-order valence-corrected chi connectivity index (χ1v) is 7.02. The van der Waals surface area contributed by atoms with E-state index >= 15 is 0 Å². The molecule has 0 radical (unpaired) electrons. The maximum absolute atomic E-state index is 12.3. The van der Waals surface area contributed by atoms with Gasteiger partial charge in [-0.1, -0.05) is 23.7 Å². The van der Waals surface area contributed by atoms with Crippen LogP contribution in [0.25, 0.3) is 0 Å². The zero-order chi connectivity index (χ0) is 15.4. The van der Waals surface area contributed by atoms with Crippen molar-refractivity contribution in [3.63, 3.8) is 0 Å². The van der Waals surface area contributed by atoms with Crippen molar-refractivity contribution >= 4 is 17.5 Å². The lowest BCUT2D eigenvalue weighted by molar-refractivity contribution is 0.0737. The van der Waals surface area contributed by atoms with Gasteiger partial charge in [-0.2, -0.15) is 0 Å². The van der Waals surface area contributed by atoms with Gasteiger partial charge < -0.3 is 10.0 Å². The van der Waals surface area contributed by atoms with Crippen molar-refractivity contribution in [2.45, 2.75) is 19.4 Å². The number of amides is 1. The van der Waals surface area contributed by atoms with Crippen molar-refractivity contribution in [3.8, 4) is 5.75 Å². The molecule has 1 heterocycles. The fraction of sp³-hybridized carbons (Fsp3) is 0.250. The topological polar surface area (TPSA) is 53.4 Å². The van der Waals surface area contributed by atoms with Gasteiger partial charge in [0.1, 0.15) is 11.4 Å². The van der Waals surface area contributed by atoms with Crippen LogP contribution in [0.15, 0.2) is 42.6 Å². The second-order valence-electron chi connectivity index (χ2n) is 5.00. The summed E-state index contributed by atoms with van der Waals surface area (Å²) in [5.41, 5.74) is 1.43. The number of halogens is 1. The average Bonchev–Trinajstić information content (AvgIpc) is 2.49. The maximum atomic E-state index is 12.3. The molecule has 0 saturated carbocycles. The summed E-state index contributed by atoms with van der Waals surface area (Å²) in [4.78, 5) is 18.0. The number of benzene rings is 1. The highest BCUT2D eigenvalue weighted by atomic mass is 35.5. The van der Waals surface area contributed by atoms with Crippen molar-refractivity contribution in [1.82, 2.24) is 9.88 Å². The van der Waals surface area contributed by atoms with E-state index in [1.807, 2.05) is 19.1 Å². The summed E-state index contributed by atoms with van der Waals surface area (Å²) >= 11 is 5.77. The predicted molar refractivity (Wildman–Crippen MR) is 82.6 cm³/mol. The van der Waals surface area contributed by atoms with Crippen LogP contribution in [0.2, 0.25) is 5.02 Å². The Hall–Kier alpha value is -2.07. The zero-order valence-corrected chi connectivity index (χ0v) is 12.7. The molecule has 0 saturated heterocycles. The minimum atomic E-state index is -0.141. The second kappa shape index (κ2) is 6.59. The van der Waals surface area contributed by atoms with Gasteiger partial charge in [0.25, 0.3) is 5.91 Å². The molecule has 0 fully saturated rings. The van der Waals surface area contributed by atoms with Gasteiger partial charge in [-0.05, 0) is 43.2 Å². The lowest BCUT2D eigenvalue weighted by Gasteiger charge is -2.24. The monoisotopic (exact) mass is 304 g/mol. The molecule has 1 aromatic heterocycles. The van der Waals surface area contributed by atoms with E-state index in [4.69, 9.17) is 11.6 Å². The Morgan fingerprint density at radius 3 is 2.52 bits per heavy atom. The van der Waals surface area contributed by atoms with Crippen LogP contribution in [0.4, 0.5) is 0 Å². The van der Waals surface area contributed by atoms with Gasteiger partial charge in [0, 0.05) is 19.3 Å². The van der Waals surface area contributed by atoms with Gasteiger partial charge in [-0.15, -0.1) is 0 Å². The number of aromatic nitrogens is 1. The highest BCUT2D eigenvalue weighted by Crippen LogP contribution is 2.14. The maximum Gasteiger partial charge on any atom is 0.272 e. The van der Waals surface area contributed by atoms with E-state index in [0.717, 1.165) is 5.56 Å². The highest BCUT2D eigenvalue weighted by molar-refractivity contribution is 6.30. The highest BCUT2D eigenvalue weighted by Gasteiger charge is 2.18. The lowest BCUT2D eigenvalue weighted by Crippen LogP contribution is -2.36. The van der Waals surface area contributed by atoms with E-state index in [1.165, 1.54) is 6.20 Å². The second-order valence-corrected chi connectivity index (χ2v) is 5.43. The quantitative estimate of drug-likeness (QED) is 0.944. The number of carbonyl (C=O) groups is 1. The minimum Gasteiger partial charge on any atom is -0.508 e. The molecule has 0 aliphatic rings. The third-order valence-corrected chi connectivity index (χ3v) is 3.62. The molecule has 1 atom stereocenters. The van der Waals surface area contributed by atoms with Crippen molar-refractivity contribution in [3.05, 3.63) is 58.9 Å². The molecule has 0 aliphatic heterocycles. The SMILES string of the molecule is C[C@H](Cc1ccc(O)cc1)N(C)C(=O)c1ccc(Cl)cn1. The standard InChI is InChI=1S/C16H17ClN2O2/c1-11(9-12-3-6-14(20)7-4-12)19(2)16(21)15-8-5-13(17)10-18-15/h3-8,10-11,20H,9H2,1-2H3/t11-/m1/s1. The third-order valence-electron chi connectivity index (χ3n) is 3.40. The molecular formula is C16H17ClN2O2. The largest absolute Gasteiger partial charge is 0.508 e. The number of phenolic OH excluding ortho intramolecular Hbond substituents is 1. The first-order valence-electron chi connectivity index (χ1n) is 6.64. The van der Waals surface area contributed by atoms with E-state index in [9.17, 15) is 9.90 Å². The zero-order valence-electron chi connectivity index (χ0n) is 12.0. The summed E-state index contributed by atoms with van der Waals surface area (Å²) in [6, 6.07) is 10.3. The van der Waals surface area contributed by atoms with Gasteiger partial charge in [-0.25, -0.2) is 4.98 Å². The summed E-state index contributed by atoms with van der Waals surface area (Å²) in [5, 5.41) is 9.78. The number of pyridine rings is 1.